The molecule has 0 aliphatic carbocycles. The van der Waals surface area contributed by atoms with Gasteiger partial charge in [-0.05, 0) is 44.5 Å². The van der Waals surface area contributed by atoms with Gasteiger partial charge in [0.05, 0.1) is 5.56 Å². The van der Waals surface area contributed by atoms with E-state index in [1.807, 2.05) is 0 Å². The summed E-state index contributed by atoms with van der Waals surface area (Å²) >= 11 is 0. The average molecular weight is 273 g/mol. The van der Waals surface area contributed by atoms with Crippen LogP contribution < -0.4 is 0 Å². The molecule has 1 N–H and O–H groups in total. The largest absolute Gasteiger partial charge is 0.478 e. The molecule has 1 aromatic rings. The van der Waals surface area contributed by atoms with Gasteiger partial charge < -0.3 is 9.84 Å². The third kappa shape index (κ3) is 4.58. The van der Waals surface area contributed by atoms with Gasteiger partial charge in [-0.1, -0.05) is 12.1 Å². The molecule has 0 saturated heterocycles. The zero-order chi connectivity index (χ0) is 15.3. The molecule has 0 aliphatic heterocycles. The Balaban J connectivity index is 3.07. The second-order valence-corrected chi connectivity index (χ2v) is 5.10. The van der Waals surface area contributed by atoms with Gasteiger partial charge in [-0.3, -0.25) is 0 Å². The van der Waals surface area contributed by atoms with Crippen molar-refractivity contribution in [2.45, 2.75) is 26.4 Å². The number of aromatic carboxylic acids is 1. The molecule has 0 aliphatic rings. The van der Waals surface area contributed by atoms with E-state index in [2.05, 4.69) is 0 Å². The zero-order valence-electron chi connectivity index (χ0n) is 11.5. The molecule has 0 saturated carbocycles. The second kappa shape index (κ2) is 6.02. The highest BCUT2D eigenvalue weighted by atomic mass is 16.6. The Morgan fingerprint density at radius 2 is 2.00 bits per heavy atom. The summed E-state index contributed by atoms with van der Waals surface area (Å²) < 4.78 is 5.09. The lowest BCUT2D eigenvalue weighted by Crippen LogP contribution is -2.24. The third-order valence-electron chi connectivity index (χ3n) is 2.18. The van der Waals surface area contributed by atoms with Crippen LogP contribution in [0.25, 0.3) is 6.08 Å². The number of carboxylic acids is 1. The first kappa shape index (κ1) is 15.4. The Labute approximate surface area is 117 Å². The van der Waals surface area contributed by atoms with E-state index >= 15 is 0 Å². The van der Waals surface area contributed by atoms with Gasteiger partial charge in [0.25, 0.3) is 0 Å². The summed E-state index contributed by atoms with van der Waals surface area (Å²) in [5.41, 5.74) is -0.342. The fraction of sp³-hybridized carbons (Fsp3) is 0.267. The van der Waals surface area contributed by atoms with Gasteiger partial charge in [-0.15, -0.1) is 0 Å². The van der Waals surface area contributed by atoms with Crippen molar-refractivity contribution in [3.63, 3.8) is 0 Å². The highest BCUT2D eigenvalue weighted by molar-refractivity contribution is 5.98. The minimum Gasteiger partial charge on any atom is -0.478 e. The van der Waals surface area contributed by atoms with Crippen molar-refractivity contribution >= 4 is 18.0 Å². The van der Waals surface area contributed by atoms with Gasteiger partial charge >= 0.3 is 11.9 Å². The van der Waals surface area contributed by atoms with Gasteiger partial charge in [0.15, 0.2) is 0 Å². The third-order valence-corrected chi connectivity index (χ3v) is 2.18. The fourth-order valence-electron chi connectivity index (χ4n) is 1.40. The molecule has 1 rings (SSSR count). The smallest absolute Gasteiger partial charge is 0.349 e. The number of hydrogen-bond acceptors (Lipinski definition) is 4. The number of benzene rings is 1. The van der Waals surface area contributed by atoms with E-state index in [9.17, 15) is 9.59 Å². The first-order valence-electron chi connectivity index (χ1n) is 5.91. The molecule has 5 heteroatoms. The molecule has 0 fully saturated rings. The fourth-order valence-corrected chi connectivity index (χ4v) is 1.40. The number of carbonyl (C=O) groups excluding carboxylic acids is 1. The summed E-state index contributed by atoms with van der Waals surface area (Å²) in [7, 11) is 0. The van der Waals surface area contributed by atoms with Crippen LogP contribution >= 0.6 is 0 Å². The van der Waals surface area contributed by atoms with Crippen molar-refractivity contribution < 1.29 is 19.4 Å². The standard InChI is InChI=1S/C15H15NO4/c1-15(2,3)20-14(19)12(9-16)8-10-5-4-6-11(7-10)13(17)18/h4-8H,1-3H3,(H,17,18). The number of hydrogen-bond donors (Lipinski definition) is 1. The molecule has 104 valence electrons. The Hall–Kier alpha value is -2.61. The Kier molecular flexibility index (Phi) is 4.65. The van der Waals surface area contributed by atoms with Crippen molar-refractivity contribution in [3.05, 3.63) is 41.0 Å². The molecule has 0 aromatic heterocycles. The lowest BCUT2D eigenvalue weighted by Gasteiger charge is -2.18. The highest BCUT2D eigenvalue weighted by Gasteiger charge is 2.19. The monoisotopic (exact) mass is 273 g/mol. The van der Waals surface area contributed by atoms with Gasteiger partial charge in [0, 0.05) is 0 Å². The van der Waals surface area contributed by atoms with Crippen LogP contribution in [-0.2, 0) is 9.53 Å². The maximum Gasteiger partial charge on any atom is 0.349 e. The summed E-state index contributed by atoms with van der Waals surface area (Å²) in [4.78, 5) is 22.6. The predicted molar refractivity (Wildman–Crippen MR) is 72.8 cm³/mol. The zero-order valence-corrected chi connectivity index (χ0v) is 11.5. The Morgan fingerprint density at radius 1 is 1.35 bits per heavy atom. The van der Waals surface area contributed by atoms with Crippen LogP contribution in [0, 0.1) is 11.3 Å². The van der Waals surface area contributed by atoms with E-state index in [0.717, 1.165) is 0 Å². The van der Waals surface area contributed by atoms with E-state index in [0.29, 0.717) is 5.56 Å². The Bertz CT molecular complexity index is 603. The van der Waals surface area contributed by atoms with Crippen LogP contribution in [0.1, 0.15) is 36.7 Å². The van der Waals surface area contributed by atoms with Crippen molar-refractivity contribution in [2.24, 2.45) is 0 Å². The number of esters is 1. The maximum atomic E-state index is 11.8. The molecule has 0 bridgehead atoms. The van der Waals surface area contributed by atoms with Gasteiger partial charge in [0.1, 0.15) is 17.2 Å². The van der Waals surface area contributed by atoms with Crippen molar-refractivity contribution in [2.75, 3.05) is 0 Å². The van der Waals surface area contributed by atoms with Crippen LogP contribution in [-0.4, -0.2) is 22.6 Å². The van der Waals surface area contributed by atoms with Gasteiger partial charge in [-0.25, -0.2) is 9.59 Å². The first-order valence-corrected chi connectivity index (χ1v) is 5.91. The molecule has 0 heterocycles. The van der Waals surface area contributed by atoms with Gasteiger partial charge in [-0.2, -0.15) is 5.26 Å². The van der Waals surface area contributed by atoms with Crippen molar-refractivity contribution in [1.82, 2.24) is 0 Å². The van der Waals surface area contributed by atoms with E-state index in [1.54, 1.807) is 39.0 Å². The number of carbonyl (C=O) groups is 2. The van der Waals surface area contributed by atoms with Crippen LogP contribution in [0.3, 0.4) is 0 Å². The van der Waals surface area contributed by atoms with Gasteiger partial charge in [0.2, 0.25) is 0 Å². The number of nitriles is 1. The second-order valence-electron chi connectivity index (χ2n) is 5.10. The summed E-state index contributed by atoms with van der Waals surface area (Å²) in [6.07, 6.45) is 1.31. The summed E-state index contributed by atoms with van der Waals surface area (Å²) in [6, 6.07) is 7.72. The minimum atomic E-state index is -1.07. The summed E-state index contributed by atoms with van der Waals surface area (Å²) in [5, 5.41) is 17.9. The quantitative estimate of drug-likeness (QED) is 0.519. The SMILES string of the molecule is CC(C)(C)OC(=O)C(C#N)=Cc1cccc(C(=O)O)c1. The highest BCUT2D eigenvalue weighted by Crippen LogP contribution is 2.14. The molecule has 0 amide bonds. The molecule has 1 aromatic carbocycles. The Morgan fingerprint density at radius 3 is 2.50 bits per heavy atom. The molecular formula is C15H15NO4. The number of nitrogens with zero attached hydrogens (tertiary/aromatic N) is 1. The number of rotatable bonds is 3. The van der Waals surface area contributed by atoms with Crippen molar-refractivity contribution in [3.8, 4) is 6.07 Å². The molecule has 0 spiro atoms. The minimum absolute atomic E-state index is 0.0835. The first-order chi connectivity index (χ1) is 9.23. The van der Waals surface area contributed by atoms with Crippen LogP contribution in [0.4, 0.5) is 0 Å². The average Bonchev–Trinajstić information content (AvgIpc) is 2.34. The van der Waals surface area contributed by atoms with Crippen LogP contribution in [0.15, 0.2) is 29.8 Å². The van der Waals surface area contributed by atoms with E-state index < -0.39 is 17.5 Å². The lowest BCUT2D eigenvalue weighted by molar-refractivity contribution is -0.149. The van der Waals surface area contributed by atoms with E-state index in [-0.39, 0.29) is 11.1 Å². The molecular weight excluding hydrogens is 258 g/mol. The summed E-state index contributed by atoms with van der Waals surface area (Å²) in [5.74, 6) is -1.81. The molecule has 0 atom stereocenters. The number of carboxylic acid groups (broad SMARTS) is 1. The van der Waals surface area contributed by atoms with Crippen LogP contribution in [0.2, 0.25) is 0 Å². The van der Waals surface area contributed by atoms with E-state index in [4.69, 9.17) is 15.1 Å². The predicted octanol–water partition coefficient (Wildman–Crippen LogP) is 2.63. The maximum absolute atomic E-state index is 11.8. The normalized spacial score (nSPS) is 11.6. The topological polar surface area (TPSA) is 87.4 Å². The van der Waals surface area contributed by atoms with Crippen LogP contribution in [0.5, 0.6) is 0 Å². The molecule has 0 radical (unpaired) electrons. The van der Waals surface area contributed by atoms with Crippen molar-refractivity contribution in [1.29, 1.82) is 5.26 Å². The summed E-state index contributed by atoms with van der Waals surface area (Å²) in [6.45, 7) is 5.10. The lowest BCUT2D eigenvalue weighted by atomic mass is 10.1. The molecule has 20 heavy (non-hydrogen) atoms. The molecule has 0 unspecified atom stereocenters. The number of ether oxygens (including phenoxy) is 1. The van der Waals surface area contributed by atoms with E-state index in [1.165, 1.54) is 18.2 Å². The molecule has 5 nitrogen and oxygen atoms in total.